The predicted octanol–water partition coefficient (Wildman–Crippen LogP) is 3.16. The molecule has 3 aromatic rings. The van der Waals surface area contributed by atoms with Gasteiger partial charge in [-0.05, 0) is 37.3 Å². The van der Waals surface area contributed by atoms with Crippen molar-refractivity contribution in [2.75, 3.05) is 11.8 Å². The smallest absolute Gasteiger partial charge is 0.261 e. The van der Waals surface area contributed by atoms with Gasteiger partial charge in [0.15, 0.2) is 0 Å². The molecule has 8 heteroatoms. The minimum atomic E-state index is -3.77. The van der Waals surface area contributed by atoms with Crippen LogP contribution >= 0.6 is 0 Å². The summed E-state index contributed by atoms with van der Waals surface area (Å²) in [6.07, 6.45) is 0. The Bertz CT molecular complexity index is 995. The molecule has 3 rings (SSSR count). The fourth-order valence-electron chi connectivity index (χ4n) is 2.27. The highest BCUT2D eigenvalue weighted by molar-refractivity contribution is 7.92. The molecule has 2 aromatic carbocycles. The fraction of sp³-hybridized carbons (Fsp3) is 0.176. The average molecular weight is 359 g/mol. The molecule has 1 N–H and O–H groups in total. The van der Waals surface area contributed by atoms with Gasteiger partial charge in [-0.1, -0.05) is 22.9 Å². The average Bonchev–Trinajstić information content (AvgIpc) is 3.02. The first-order valence-electron chi connectivity index (χ1n) is 7.47. The minimum Gasteiger partial charge on any atom is -0.496 e. The number of methoxy groups -OCH3 is 1. The zero-order chi connectivity index (χ0) is 18.0. The number of nitrogens with zero attached hydrogens (tertiary/aromatic N) is 2. The summed E-state index contributed by atoms with van der Waals surface area (Å²) in [6, 6.07) is 11.6. The molecule has 0 aliphatic carbocycles. The first-order chi connectivity index (χ1) is 11.9. The monoisotopic (exact) mass is 359 g/mol. The third-order valence-electron chi connectivity index (χ3n) is 3.55. The topological polar surface area (TPSA) is 94.3 Å². The van der Waals surface area contributed by atoms with Gasteiger partial charge in [-0.25, -0.2) is 8.42 Å². The van der Waals surface area contributed by atoms with E-state index < -0.39 is 10.0 Å². The Kier molecular flexibility index (Phi) is 4.45. The van der Waals surface area contributed by atoms with E-state index >= 15 is 0 Å². The lowest BCUT2D eigenvalue weighted by molar-refractivity contribution is 0.392. The Morgan fingerprint density at radius 3 is 2.40 bits per heavy atom. The zero-order valence-corrected chi connectivity index (χ0v) is 14.8. The first kappa shape index (κ1) is 17.0. The summed E-state index contributed by atoms with van der Waals surface area (Å²) in [5.41, 5.74) is 1.96. The number of aromatic nitrogens is 2. The predicted molar refractivity (Wildman–Crippen MR) is 93.0 cm³/mol. The maximum atomic E-state index is 12.7. The lowest BCUT2D eigenvalue weighted by atomic mass is 10.2. The van der Waals surface area contributed by atoms with Crippen molar-refractivity contribution >= 4 is 15.7 Å². The third-order valence-corrected chi connectivity index (χ3v) is 4.93. The van der Waals surface area contributed by atoms with E-state index in [-0.39, 0.29) is 10.7 Å². The number of nitrogens with one attached hydrogen (secondary N) is 1. The second kappa shape index (κ2) is 6.56. The standard InChI is InChI=1S/C17H17N3O4S/c1-11-4-6-13(7-5-11)20-25(21,22)14-8-9-16(23-3)15(10-14)17-18-12(2)24-19-17/h4-10,20H,1-3H3. The molecule has 0 unspecified atom stereocenters. The van der Waals surface area contributed by atoms with Crippen LogP contribution in [0.25, 0.3) is 11.4 Å². The van der Waals surface area contributed by atoms with Crippen LogP contribution in [0.3, 0.4) is 0 Å². The molecule has 0 saturated carbocycles. The number of hydrogen-bond acceptors (Lipinski definition) is 6. The van der Waals surface area contributed by atoms with Crippen molar-refractivity contribution in [2.45, 2.75) is 18.7 Å². The quantitative estimate of drug-likeness (QED) is 0.752. The largest absolute Gasteiger partial charge is 0.496 e. The normalized spacial score (nSPS) is 11.3. The highest BCUT2D eigenvalue weighted by atomic mass is 32.2. The Balaban J connectivity index is 2.00. The molecule has 25 heavy (non-hydrogen) atoms. The van der Waals surface area contributed by atoms with Crippen molar-refractivity contribution in [1.82, 2.24) is 10.1 Å². The van der Waals surface area contributed by atoms with Crippen LogP contribution in [0, 0.1) is 13.8 Å². The molecule has 0 radical (unpaired) electrons. The highest BCUT2D eigenvalue weighted by Gasteiger charge is 2.19. The van der Waals surface area contributed by atoms with Crippen molar-refractivity contribution in [3.05, 3.63) is 53.9 Å². The van der Waals surface area contributed by atoms with Crippen molar-refractivity contribution in [1.29, 1.82) is 0 Å². The lowest BCUT2D eigenvalue weighted by Crippen LogP contribution is -2.13. The highest BCUT2D eigenvalue weighted by Crippen LogP contribution is 2.31. The van der Waals surface area contributed by atoms with Crippen molar-refractivity contribution < 1.29 is 17.7 Å². The molecule has 0 aliphatic rings. The van der Waals surface area contributed by atoms with E-state index in [9.17, 15) is 8.42 Å². The summed E-state index contributed by atoms with van der Waals surface area (Å²) >= 11 is 0. The maximum Gasteiger partial charge on any atom is 0.261 e. The van der Waals surface area contributed by atoms with E-state index in [2.05, 4.69) is 14.9 Å². The second-order valence-corrected chi connectivity index (χ2v) is 7.15. The summed E-state index contributed by atoms with van der Waals surface area (Å²) in [7, 11) is -2.28. The van der Waals surface area contributed by atoms with Gasteiger partial charge in [-0.2, -0.15) is 4.98 Å². The molecule has 1 heterocycles. The fourth-order valence-corrected chi connectivity index (χ4v) is 3.36. The molecule has 0 atom stereocenters. The number of sulfonamides is 1. The summed E-state index contributed by atoms with van der Waals surface area (Å²) in [4.78, 5) is 4.21. The van der Waals surface area contributed by atoms with Gasteiger partial charge in [0.25, 0.3) is 10.0 Å². The summed E-state index contributed by atoms with van der Waals surface area (Å²) in [5.74, 6) is 1.10. The molecular formula is C17H17N3O4S. The molecule has 0 amide bonds. The number of rotatable bonds is 5. The van der Waals surface area contributed by atoms with E-state index in [0.717, 1.165) is 5.56 Å². The van der Waals surface area contributed by atoms with E-state index in [1.165, 1.54) is 19.2 Å². The van der Waals surface area contributed by atoms with Gasteiger partial charge in [0, 0.05) is 12.6 Å². The molecule has 0 saturated heterocycles. The lowest BCUT2D eigenvalue weighted by Gasteiger charge is -2.11. The molecular weight excluding hydrogens is 342 g/mol. The SMILES string of the molecule is COc1ccc(S(=O)(=O)Nc2ccc(C)cc2)cc1-c1noc(C)n1. The van der Waals surface area contributed by atoms with Crippen molar-refractivity contribution in [2.24, 2.45) is 0 Å². The number of ether oxygens (including phenoxy) is 1. The van der Waals surface area contributed by atoms with E-state index in [1.807, 2.05) is 19.1 Å². The van der Waals surface area contributed by atoms with Crippen LogP contribution in [0.4, 0.5) is 5.69 Å². The van der Waals surface area contributed by atoms with Gasteiger partial charge in [-0.3, -0.25) is 4.72 Å². The molecule has 7 nitrogen and oxygen atoms in total. The number of aryl methyl sites for hydroxylation is 2. The van der Waals surface area contributed by atoms with Crippen LogP contribution in [0.15, 0.2) is 51.9 Å². The van der Waals surface area contributed by atoms with Crippen LogP contribution in [-0.4, -0.2) is 25.7 Å². The summed E-state index contributed by atoms with van der Waals surface area (Å²) in [5, 5.41) is 3.83. The molecule has 0 aliphatic heterocycles. The van der Waals surface area contributed by atoms with Crippen LogP contribution in [-0.2, 0) is 10.0 Å². The van der Waals surface area contributed by atoms with Crippen LogP contribution < -0.4 is 9.46 Å². The van der Waals surface area contributed by atoms with Crippen LogP contribution in [0.1, 0.15) is 11.5 Å². The number of anilines is 1. The Morgan fingerprint density at radius 2 is 1.80 bits per heavy atom. The van der Waals surface area contributed by atoms with Gasteiger partial charge in [0.05, 0.1) is 17.6 Å². The van der Waals surface area contributed by atoms with Gasteiger partial charge in [-0.15, -0.1) is 0 Å². The molecule has 0 fully saturated rings. The van der Waals surface area contributed by atoms with Crippen LogP contribution in [0.2, 0.25) is 0 Å². The van der Waals surface area contributed by atoms with E-state index in [1.54, 1.807) is 25.1 Å². The number of benzene rings is 2. The Hall–Kier alpha value is -2.87. The van der Waals surface area contributed by atoms with Crippen molar-refractivity contribution in [3.63, 3.8) is 0 Å². The Labute approximate surface area is 145 Å². The first-order valence-corrected chi connectivity index (χ1v) is 8.95. The molecule has 0 spiro atoms. The molecule has 130 valence electrons. The summed E-state index contributed by atoms with van der Waals surface area (Å²) in [6.45, 7) is 3.59. The van der Waals surface area contributed by atoms with Crippen LogP contribution in [0.5, 0.6) is 5.75 Å². The molecule has 1 aromatic heterocycles. The van der Waals surface area contributed by atoms with E-state index in [0.29, 0.717) is 22.9 Å². The Morgan fingerprint density at radius 1 is 1.08 bits per heavy atom. The van der Waals surface area contributed by atoms with E-state index in [4.69, 9.17) is 9.26 Å². The van der Waals surface area contributed by atoms with Gasteiger partial charge < -0.3 is 9.26 Å². The maximum absolute atomic E-state index is 12.7. The van der Waals surface area contributed by atoms with Gasteiger partial charge >= 0.3 is 0 Å². The second-order valence-electron chi connectivity index (χ2n) is 5.47. The zero-order valence-electron chi connectivity index (χ0n) is 14.0. The van der Waals surface area contributed by atoms with Crippen molar-refractivity contribution in [3.8, 4) is 17.1 Å². The summed E-state index contributed by atoms with van der Waals surface area (Å²) < 4.78 is 38.1. The minimum absolute atomic E-state index is 0.0753. The van der Waals surface area contributed by atoms with Gasteiger partial charge in [0.1, 0.15) is 5.75 Å². The number of hydrogen-bond donors (Lipinski definition) is 1. The third kappa shape index (κ3) is 3.63. The van der Waals surface area contributed by atoms with Gasteiger partial charge in [0.2, 0.25) is 11.7 Å². The molecule has 0 bridgehead atoms.